The van der Waals surface area contributed by atoms with Crippen LogP contribution in [0.15, 0.2) is 42.6 Å². The van der Waals surface area contributed by atoms with Crippen LogP contribution in [0, 0.1) is 0 Å². The van der Waals surface area contributed by atoms with Crippen LogP contribution in [0.25, 0.3) is 22.8 Å². The van der Waals surface area contributed by atoms with Gasteiger partial charge in [0, 0.05) is 24.8 Å². The fraction of sp³-hybridized carbons (Fsp3) is 0.176. The Morgan fingerprint density at radius 2 is 2.00 bits per heavy atom. The number of nitrogens with zero attached hydrogens (tertiary/aromatic N) is 4. The highest BCUT2D eigenvalue weighted by Gasteiger charge is 2.20. The maximum Gasteiger partial charge on any atom is 0.269 e. The molecular formula is C17H16N6O. The summed E-state index contributed by atoms with van der Waals surface area (Å²) < 4.78 is 1.71. The molecule has 1 amide bonds. The van der Waals surface area contributed by atoms with Gasteiger partial charge in [0.05, 0.1) is 12.2 Å². The molecule has 3 N–H and O–H groups in total. The highest BCUT2D eigenvalue weighted by Crippen LogP contribution is 2.22. The van der Waals surface area contributed by atoms with Gasteiger partial charge in [0.1, 0.15) is 11.4 Å². The molecule has 3 aromatic rings. The molecule has 7 heteroatoms. The summed E-state index contributed by atoms with van der Waals surface area (Å²) in [5.41, 5.74) is 9.52. The van der Waals surface area contributed by atoms with E-state index in [0.29, 0.717) is 42.5 Å². The number of nitrogens with two attached hydrogens (primary N) is 1. The molecular weight excluding hydrogens is 304 g/mol. The maximum absolute atomic E-state index is 11.9. The molecule has 0 aliphatic carbocycles. The first-order chi connectivity index (χ1) is 11.7. The fourth-order valence-electron chi connectivity index (χ4n) is 2.69. The number of fused-ring (bicyclic) bond motifs is 1. The largest absolute Gasteiger partial charge is 0.349 e. The van der Waals surface area contributed by atoms with Crippen molar-refractivity contribution in [3.05, 3.63) is 53.9 Å². The first kappa shape index (κ1) is 14.5. The highest BCUT2D eigenvalue weighted by molar-refractivity contribution is 5.94. The van der Waals surface area contributed by atoms with Gasteiger partial charge < -0.3 is 11.1 Å². The monoisotopic (exact) mass is 320 g/mol. The number of benzene rings is 1. The summed E-state index contributed by atoms with van der Waals surface area (Å²) in [5.74, 6) is 0.512. The fourth-order valence-corrected chi connectivity index (χ4v) is 2.69. The van der Waals surface area contributed by atoms with Crippen molar-refractivity contribution in [1.82, 2.24) is 25.1 Å². The van der Waals surface area contributed by atoms with Crippen molar-refractivity contribution in [3.8, 4) is 22.8 Å². The minimum atomic E-state index is -0.105. The van der Waals surface area contributed by atoms with Crippen molar-refractivity contribution >= 4 is 5.91 Å². The number of hydrogen-bond acceptors (Lipinski definition) is 5. The van der Waals surface area contributed by atoms with Crippen LogP contribution >= 0.6 is 0 Å². The molecule has 0 saturated heterocycles. The van der Waals surface area contributed by atoms with Gasteiger partial charge in [0.15, 0.2) is 5.82 Å². The van der Waals surface area contributed by atoms with E-state index in [4.69, 9.17) is 5.73 Å². The van der Waals surface area contributed by atoms with Crippen LogP contribution in [-0.4, -0.2) is 32.2 Å². The topological polar surface area (TPSA) is 98.7 Å². The normalized spacial score (nSPS) is 13.5. The van der Waals surface area contributed by atoms with Crippen LogP contribution in [-0.2, 0) is 13.1 Å². The highest BCUT2D eigenvalue weighted by atomic mass is 16.2. The molecule has 7 nitrogen and oxygen atoms in total. The van der Waals surface area contributed by atoms with Gasteiger partial charge in [-0.05, 0) is 17.7 Å². The van der Waals surface area contributed by atoms with Crippen molar-refractivity contribution in [1.29, 1.82) is 0 Å². The van der Waals surface area contributed by atoms with Crippen molar-refractivity contribution in [2.45, 2.75) is 13.1 Å². The summed E-state index contributed by atoms with van der Waals surface area (Å²) >= 11 is 0. The SMILES string of the molecule is NCc1ccc(-c2nccc(-c3cc4n(n3)CCNC4=O)n2)cc1. The molecule has 3 heterocycles. The van der Waals surface area contributed by atoms with Gasteiger partial charge in [-0.15, -0.1) is 0 Å². The predicted octanol–water partition coefficient (Wildman–Crippen LogP) is 1.21. The number of rotatable bonds is 3. The molecule has 0 radical (unpaired) electrons. The third kappa shape index (κ3) is 2.55. The number of carbonyl (C=O) groups is 1. The van der Waals surface area contributed by atoms with Gasteiger partial charge in [-0.25, -0.2) is 9.97 Å². The van der Waals surface area contributed by atoms with E-state index in [1.165, 1.54) is 0 Å². The Hall–Kier alpha value is -3.06. The maximum atomic E-state index is 11.9. The quantitative estimate of drug-likeness (QED) is 0.756. The molecule has 0 unspecified atom stereocenters. The third-order valence-electron chi connectivity index (χ3n) is 3.99. The smallest absolute Gasteiger partial charge is 0.269 e. The van der Waals surface area contributed by atoms with Crippen LogP contribution in [0.2, 0.25) is 0 Å². The van der Waals surface area contributed by atoms with Crippen molar-refractivity contribution < 1.29 is 4.79 Å². The van der Waals surface area contributed by atoms with Gasteiger partial charge >= 0.3 is 0 Å². The number of carbonyl (C=O) groups excluding carboxylic acids is 1. The summed E-state index contributed by atoms with van der Waals surface area (Å²) in [5, 5.41) is 7.29. The molecule has 0 spiro atoms. The summed E-state index contributed by atoms with van der Waals surface area (Å²) in [6.07, 6.45) is 1.70. The van der Waals surface area contributed by atoms with Gasteiger partial charge in [-0.2, -0.15) is 5.10 Å². The van der Waals surface area contributed by atoms with Gasteiger partial charge in [-0.1, -0.05) is 24.3 Å². The average Bonchev–Trinajstić information content (AvgIpc) is 3.08. The lowest BCUT2D eigenvalue weighted by Gasteiger charge is -2.13. The molecule has 0 fully saturated rings. The summed E-state index contributed by atoms with van der Waals surface area (Å²) in [6, 6.07) is 11.4. The van der Waals surface area contributed by atoms with Crippen molar-refractivity contribution in [2.75, 3.05) is 6.54 Å². The second kappa shape index (κ2) is 5.86. The lowest BCUT2D eigenvalue weighted by Crippen LogP contribution is -2.35. The van der Waals surface area contributed by atoms with E-state index in [2.05, 4.69) is 20.4 Å². The Kier molecular flexibility index (Phi) is 3.55. The Balaban J connectivity index is 1.71. The van der Waals surface area contributed by atoms with Gasteiger partial charge in [0.25, 0.3) is 5.91 Å². The number of nitrogens with one attached hydrogen (secondary N) is 1. The van der Waals surface area contributed by atoms with E-state index in [-0.39, 0.29) is 5.91 Å². The first-order valence-corrected chi connectivity index (χ1v) is 7.73. The Labute approximate surface area is 138 Å². The van der Waals surface area contributed by atoms with Crippen molar-refractivity contribution in [3.63, 3.8) is 0 Å². The van der Waals surface area contributed by atoms with Crippen LogP contribution in [0.1, 0.15) is 16.1 Å². The van der Waals surface area contributed by atoms with Gasteiger partial charge in [0.2, 0.25) is 0 Å². The van der Waals surface area contributed by atoms with E-state index in [0.717, 1.165) is 11.1 Å². The minimum absolute atomic E-state index is 0.105. The summed E-state index contributed by atoms with van der Waals surface area (Å²) in [6.45, 7) is 1.76. The number of amides is 1. The summed E-state index contributed by atoms with van der Waals surface area (Å²) in [7, 11) is 0. The zero-order chi connectivity index (χ0) is 16.5. The Bertz CT molecular complexity index is 900. The van der Waals surface area contributed by atoms with Crippen molar-refractivity contribution in [2.24, 2.45) is 5.73 Å². The third-order valence-corrected chi connectivity index (χ3v) is 3.99. The number of hydrogen-bond donors (Lipinski definition) is 2. The second-order valence-electron chi connectivity index (χ2n) is 5.56. The number of aromatic nitrogens is 4. The lowest BCUT2D eigenvalue weighted by molar-refractivity contribution is 0.0924. The zero-order valence-corrected chi connectivity index (χ0v) is 12.9. The van der Waals surface area contributed by atoms with E-state index < -0.39 is 0 Å². The molecule has 0 bridgehead atoms. The minimum Gasteiger partial charge on any atom is -0.349 e. The molecule has 120 valence electrons. The molecule has 4 rings (SSSR count). The zero-order valence-electron chi connectivity index (χ0n) is 12.9. The van der Waals surface area contributed by atoms with E-state index in [1.54, 1.807) is 23.0 Å². The molecule has 1 aromatic carbocycles. The van der Waals surface area contributed by atoms with E-state index >= 15 is 0 Å². The standard InChI is InChI=1S/C17H16N6O/c18-10-11-1-3-12(4-2-11)16-19-6-5-13(21-16)14-9-15-17(24)20-7-8-23(15)22-14/h1-6,9H,7-8,10,18H2,(H,20,24). The molecule has 24 heavy (non-hydrogen) atoms. The Morgan fingerprint density at radius 3 is 2.75 bits per heavy atom. The molecule has 0 atom stereocenters. The predicted molar refractivity (Wildman–Crippen MR) is 88.9 cm³/mol. The van der Waals surface area contributed by atoms with Gasteiger partial charge in [-0.3, -0.25) is 9.48 Å². The van der Waals surface area contributed by atoms with Crippen LogP contribution in [0.4, 0.5) is 0 Å². The molecule has 1 aliphatic rings. The molecule has 1 aliphatic heterocycles. The first-order valence-electron chi connectivity index (χ1n) is 7.73. The van der Waals surface area contributed by atoms with E-state index in [1.807, 2.05) is 24.3 Å². The average molecular weight is 320 g/mol. The van der Waals surface area contributed by atoms with Crippen LogP contribution in [0.5, 0.6) is 0 Å². The second-order valence-corrected chi connectivity index (χ2v) is 5.56. The van der Waals surface area contributed by atoms with Crippen LogP contribution < -0.4 is 11.1 Å². The summed E-state index contributed by atoms with van der Waals surface area (Å²) in [4.78, 5) is 20.8. The Morgan fingerprint density at radius 1 is 1.17 bits per heavy atom. The van der Waals surface area contributed by atoms with E-state index in [9.17, 15) is 4.79 Å². The molecule has 0 saturated carbocycles. The molecule has 2 aromatic heterocycles. The van der Waals surface area contributed by atoms with Crippen LogP contribution in [0.3, 0.4) is 0 Å². The lowest BCUT2D eigenvalue weighted by atomic mass is 10.1.